The second-order valence-corrected chi connectivity index (χ2v) is 7.37. The normalized spacial score (nSPS) is 20.1. The molecule has 8 nitrogen and oxygen atoms in total. The number of ether oxygens (including phenoxy) is 2. The third-order valence-corrected chi connectivity index (χ3v) is 5.37. The van der Waals surface area contributed by atoms with Crippen molar-refractivity contribution in [3.63, 3.8) is 0 Å². The van der Waals surface area contributed by atoms with E-state index in [1.165, 1.54) is 18.5 Å². The van der Waals surface area contributed by atoms with Gasteiger partial charge >= 0.3 is 6.03 Å². The minimum atomic E-state index is -0.614. The fraction of sp³-hybridized carbons (Fsp3) is 0.182. The van der Waals surface area contributed by atoms with Crippen molar-refractivity contribution in [1.82, 2.24) is 15.3 Å². The molecule has 1 saturated carbocycles. The molecule has 0 bridgehead atoms. The van der Waals surface area contributed by atoms with E-state index < -0.39 is 17.7 Å². The molecule has 1 fully saturated rings. The highest BCUT2D eigenvalue weighted by atomic mass is 19.1. The van der Waals surface area contributed by atoms with Crippen molar-refractivity contribution in [2.24, 2.45) is 5.92 Å². The lowest BCUT2D eigenvalue weighted by atomic mass is 10.0. The van der Waals surface area contributed by atoms with Gasteiger partial charge in [0, 0.05) is 35.7 Å². The molecule has 5 rings (SSSR count). The second-order valence-electron chi connectivity index (χ2n) is 7.37. The number of benzene rings is 1. The van der Waals surface area contributed by atoms with Gasteiger partial charge in [-0.15, -0.1) is 0 Å². The monoisotopic (exact) mass is 435 g/mol. The van der Waals surface area contributed by atoms with E-state index in [1.807, 2.05) is 6.07 Å². The predicted octanol–water partition coefficient (Wildman–Crippen LogP) is 3.71. The van der Waals surface area contributed by atoms with Crippen LogP contribution in [0.25, 0.3) is 0 Å². The molecule has 0 spiro atoms. The van der Waals surface area contributed by atoms with Crippen molar-refractivity contribution >= 4 is 11.8 Å². The van der Waals surface area contributed by atoms with Gasteiger partial charge in [0.15, 0.2) is 11.6 Å². The van der Waals surface area contributed by atoms with Crippen LogP contribution in [0, 0.1) is 28.9 Å². The smallest absolute Gasteiger partial charge is 0.320 e. The van der Waals surface area contributed by atoms with Crippen LogP contribution < -0.4 is 20.1 Å². The van der Waals surface area contributed by atoms with E-state index in [-0.39, 0.29) is 47.3 Å². The molecular formula is C22H15F2N5O3. The molecule has 0 radical (unpaired) electrons. The van der Waals surface area contributed by atoms with Gasteiger partial charge in [-0.1, -0.05) is 0 Å². The summed E-state index contributed by atoms with van der Waals surface area (Å²) in [5.74, 6) is -0.574. The number of nitrogens with one attached hydrogen (secondary N) is 2. The van der Waals surface area contributed by atoms with Crippen molar-refractivity contribution < 1.29 is 23.0 Å². The second kappa shape index (κ2) is 7.77. The first kappa shape index (κ1) is 19.7. The number of amides is 2. The number of nitriles is 1. The number of urea groups is 1. The van der Waals surface area contributed by atoms with Gasteiger partial charge in [-0.05, 0) is 30.3 Å². The summed E-state index contributed by atoms with van der Waals surface area (Å²) in [6.45, 7) is 0.204. The van der Waals surface area contributed by atoms with Crippen molar-refractivity contribution in [3.8, 4) is 23.3 Å². The van der Waals surface area contributed by atoms with E-state index in [0.29, 0.717) is 11.5 Å². The molecule has 3 unspecified atom stereocenters. The minimum Gasteiger partial charge on any atom is -0.490 e. The summed E-state index contributed by atoms with van der Waals surface area (Å²) >= 11 is 0. The van der Waals surface area contributed by atoms with E-state index in [0.717, 1.165) is 12.1 Å². The van der Waals surface area contributed by atoms with E-state index in [4.69, 9.17) is 14.7 Å². The number of anilines is 1. The molecule has 3 aromatic rings. The highest BCUT2D eigenvalue weighted by molar-refractivity contribution is 5.89. The Bertz CT molecular complexity index is 1250. The first-order chi connectivity index (χ1) is 15.5. The number of nitrogens with zero attached hydrogens (tertiary/aromatic N) is 3. The number of aromatic nitrogens is 2. The highest BCUT2D eigenvalue weighted by Crippen LogP contribution is 2.55. The molecule has 3 atom stereocenters. The zero-order valence-corrected chi connectivity index (χ0v) is 16.4. The molecule has 2 aromatic heterocycles. The van der Waals surface area contributed by atoms with Crippen LogP contribution in [-0.2, 0) is 0 Å². The van der Waals surface area contributed by atoms with E-state index in [9.17, 15) is 13.6 Å². The van der Waals surface area contributed by atoms with Gasteiger partial charge in [0.25, 0.3) is 0 Å². The van der Waals surface area contributed by atoms with Gasteiger partial charge in [0.05, 0.1) is 12.8 Å². The Labute approximate surface area is 180 Å². The lowest BCUT2D eigenvalue weighted by Gasteiger charge is -2.16. The molecule has 1 aliphatic carbocycles. The van der Waals surface area contributed by atoms with E-state index in [1.54, 1.807) is 18.2 Å². The molecule has 2 aliphatic rings. The number of halogens is 2. The van der Waals surface area contributed by atoms with Gasteiger partial charge in [0.1, 0.15) is 34.9 Å². The van der Waals surface area contributed by atoms with Gasteiger partial charge in [-0.3, -0.25) is 5.32 Å². The largest absolute Gasteiger partial charge is 0.490 e. The summed E-state index contributed by atoms with van der Waals surface area (Å²) in [6.07, 6.45) is 2.88. The first-order valence-corrected chi connectivity index (χ1v) is 9.72. The molecule has 1 aromatic carbocycles. The molecule has 0 saturated heterocycles. The fourth-order valence-corrected chi connectivity index (χ4v) is 3.85. The zero-order valence-electron chi connectivity index (χ0n) is 16.4. The minimum absolute atomic E-state index is 0.0794. The van der Waals surface area contributed by atoms with E-state index >= 15 is 0 Å². The highest BCUT2D eigenvalue weighted by Gasteiger charge is 2.57. The number of rotatable bonds is 4. The number of carbonyl (C=O) groups is 1. The first-order valence-electron chi connectivity index (χ1n) is 9.72. The van der Waals surface area contributed by atoms with Crippen LogP contribution in [0.1, 0.15) is 17.2 Å². The maximum absolute atomic E-state index is 14.2. The fourth-order valence-electron chi connectivity index (χ4n) is 3.85. The maximum Gasteiger partial charge on any atom is 0.320 e. The third-order valence-electron chi connectivity index (χ3n) is 5.37. The summed E-state index contributed by atoms with van der Waals surface area (Å²) in [5.41, 5.74) is 0.392. The summed E-state index contributed by atoms with van der Waals surface area (Å²) < 4.78 is 39.1. The van der Waals surface area contributed by atoms with Crippen molar-refractivity contribution in [1.29, 1.82) is 5.26 Å². The Morgan fingerprint density at radius 2 is 2.00 bits per heavy atom. The number of fused-ring (bicyclic) bond motifs is 3. The van der Waals surface area contributed by atoms with Crippen molar-refractivity contribution in [2.45, 2.75) is 12.0 Å². The molecule has 10 heteroatoms. The molecule has 2 amide bonds. The van der Waals surface area contributed by atoms with Gasteiger partial charge < -0.3 is 14.8 Å². The average molecular weight is 435 g/mol. The summed E-state index contributed by atoms with van der Waals surface area (Å²) in [4.78, 5) is 20.4. The van der Waals surface area contributed by atoms with Crippen molar-refractivity contribution in [3.05, 3.63) is 71.7 Å². The molecule has 3 heterocycles. The summed E-state index contributed by atoms with van der Waals surface area (Å²) in [6, 6.07) is 9.39. The maximum atomic E-state index is 14.2. The van der Waals surface area contributed by atoms with Gasteiger partial charge in [0.2, 0.25) is 0 Å². The quantitative estimate of drug-likeness (QED) is 0.647. The zero-order chi connectivity index (χ0) is 22.2. The Morgan fingerprint density at radius 1 is 1.16 bits per heavy atom. The Kier molecular flexibility index (Phi) is 4.78. The van der Waals surface area contributed by atoms with Crippen LogP contribution >= 0.6 is 0 Å². The number of pyridine rings is 2. The Hall–Kier alpha value is -4.26. The molecule has 32 heavy (non-hydrogen) atoms. The van der Waals surface area contributed by atoms with Crippen LogP contribution in [0.2, 0.25) is 0 Å². The Morgan fingerprint density at radius 3 is 2.78 bits per heavy atom. The van der Waals surface area contributed by atoms with Crippen molar-refractivity contribution in [2.75, 3.05) is 11.9 Å². The average Bonchev–Trinajstić information content (AvgIpc) is 3.50. The van der Waals surface area contributed by atoms with Crippen LogP contribution in [0.3, 0.4) is 0 Å². The SMILES string of the molecule is N#Cc1cc(Oc2ccc(NC(=O)NC3C4COc5c(F)ccc(F)c5C43)nc2)ccn1. The van der Waals surface area contributed by atoms with Gasteiger partial charge in [-0.2, -0.15) is 5.26 Å². The number of hydrogen-bond donors (Lipinski definition) is 2. The Balaban J connectivity index is 1.20. The van der Waals surface area contributed by atoms with Gasteiger partial charge in [-0.25, -0.2) is 23.5 Å². The van der Waals surface area contributed by atoms with Crippen LogP contribution in [0.4, 0.5) is 19.4 Å². The summed E-state index contributed by atoms with van der Waals surface area (Å²) in [5, 5.41) is 14.3. The van der Waals surface area contributed by atoms with Crippen LogP contribution in [0.15, 0.2) is 48.8 Å². The van der Waals surface area contributed by atoms with Crippen LogP contribution in [-0.4, -0.2) is 28.6 Å². The lowest BCUT2D eigenvalue weighted by molar-refractivity contribution is 0.247. The lowest BCUT2D eigenvalue weighted by Crippen LogP contribution is -2.32. The molecule has 160 valence electrons. The van der Waals surface area contributed by atoms with Crippen LogP contribution in [0.5, 0.6) is 17.2 Å². The van der Waals surface area contributed by atoms with E-state index in [2.05, 4.69) is 20.6 Å². The molecule has 1 aliphatic heterocycles. The molecular weight excluding hydrogens is 420 g/mol. The predicted molar refractivity (Wildman–Crippen MR) is 107 cm³/mol. The third kappa shape index (κ3) is 3.65. The number of hydrogen-bond acceptors (Lipinski definition) is 6. The summed E-state index contributed by atoms with van der Waals surface area (Å²) in [7, 11) is 0. The molecule has 2 N–H and O–H groups in total. The standard InChI is InChI=1S/C22H15F2N5O3/c23-15-2-3-16(24)21-19(15)18-14(10-31-21)20(18)29-22(30)28-17-4-1-13(9-27-17)32-12-5-6-26-11(7-12)8-25/h1-7,9,14,18,20H,10H2,(H2,27,28,29,30). The topological polar surface area (TPSA) is 109 Å². The number of carbonyl (C=O) groups excluding carboxylic acids is 1.